The molecule has 1 fully saturated rings. The minimum atomic E-state index is -0.798. The van der Waals surface area contributed by atoms with E-state index in [9.17, 15) is 9.59 Å². The Labute approximate surface area is 111 Å². The second kappa shape index (κ2) is 5.84. The molecule has 1 aliphatic rings. The number of carboxylic acids is 1. The maximum absolute atomic E-state index is 11.3. The summed E-state index contributed by atoms with van der Waals surface area (Å²) in [5.41, 5.74) is 1.43. The highest BCUT2D eigenvalue weighted by molar-refractivity contribution is 5.89. The molecule has 0 bridgehead atoms. The first kappa shape index (κ1) is 13.5. The molecule has 19 heavy (non-hydrogen) atoms. The van der Waals surface area contributed by atoms with E-state index in [-0.39, 0.29) is 11.9 Å². The van der Waals surface area contributed by atoms with Gasteiger partial charge in [0.25, 0.3) is 0 Å². The van der Waals surface area contributed by atoms with Crippen LogP contribution >= 0.6 is 0 Å². The molecule has 2 N–H and O–H groups in total. The molecule has 5 heteroatoms. The zero-order chi connectivity index (χ0) is 13.8. The lowest BCUT2D eigenvalue weighted by molar-refractivity contribution is -0.140. The van der Waals surface area contributed by atoms with Gasteiger partial charge in [0, 0.05) is 6.54 Å². The first-order valence-corrected chi connectivity index (χ1v) is 6.25. The largest absolute Gasteiger partial charge is 0.480 e. The molecule has 0 aromatic heterocycles. The van der Waals surface area contributed by atoms with Gasteiger partial charge in [-0.1, -0.05) is 12.1 Å². The predicted molar refractivity (Wildman–Crippen MR) is 68.8 cm³/mol. The number of hydrogen-bond acceptors (Lipinski definition) is 4. The lowest BCUT2D eigenvalue weighted by Crippen LogP contribution is -2.38. The summed E-state index contributed by atoms with van der Waals surface area (Å²) in [4.78, 5) is 22.3. The van der Waals surface area contributed by atoms with Crippen molar-refractivity contribution in [2.45, 2.75) is 25.4 Å². The van der Waals surface area contributed by atoms with Crippen molar-refractivity contribution in [3.05, 3.63) is 35.4 Å². The molecule has 0 amide bonds. The quantitative estimate of drug-likeness (QED) is 0.759. The summed E-state index contributed by atoms with van der Waals surface area (Å²) in [6.45, 7) is 0.481. The Balaban J connectivity index is 1.92. The van der Waals surface area contributed by atoms with Gasteiger partial charge in [0.2, 0.25) is 0 Å². The molecule has 1 aliphatic carbocycles. The maximum Gasteiger partial charge on any atom is 0.337 e. The SMILES string of the molecule is COC(=O)c1ccc(CNC(C(=O)O)C2CC2)cc1. The van der Waals surface area contributed by atoms with Crippen molar-refractivity contribution in [3.8, 4) is 0 Å². The van der Waals surface area contributed by atoms with E-state index in [2.05, 4.69) is 10.1 Å². The van der Waals surface area contributed by atoms with E-state index >= 15 is 0 Å². The van der Waals surface area contributed by atoms with E-state index in [4.69, 9.17) is 5.11 Å². The van der Waals surface area contributed by atoms with Crippen LogP contribution in [0.3, 0.4) is 0 Å². The molecule has 0 heterocycles. The molecular weight excluding hydrogens is 246 g/mol. The lowest BCUT2D eigenvalue weighted by Gasteiger charge is -2.13. The molecule has 0 saturated heterocycles. The monoisotopic (exact) mass is 263 g/mol. The molecule has 0 aliphatic heterocycles. The van der Waals surface area contributed by atoms with Crippen LogP contribution in [0.5, 0.6) is 0 Å². The van der Waals surface area contributed by atoms with Crippen LogP contribution in [0.4, 0.5) is 0 Å². The van der Waals surface area contributed by atoms with Crippen molar-refractivity contribution in [2.75, 3.05) is 7.11 Å². The number of ether oxygens (including phenoxy) is 1. The van der Waals surface area contributed by atoms with E-state index in [1.165, 1.54) is 7.11 Å². The van der Waals surface area contributed by atoms with E-state index in [0.29, 0.717) is 12.1 Å². The second-order valence-corrected chi connectivity index (χ2v) is 4.72. The number of rotatable bonds is 6. The molecule has 1 unspecified atom stereocenters. The van der Waals surface area contributed by atoms with Gasteiger partial charge in [-0.05, 0) is 36.5 Å². The Bertz CT molecular complexity index is 465. The topological polar surface area (TPSA) is 75.6 Å². The van der Waals surface area contributed by atoms with Gasteiger partial charge in [0.1, 0.15) is 6.04 Å². The first-order valence-electron chi connectivity index (χ1n) is 6.25. The fourth-order valence-corrected chi connectivity index (χ4v) is 1.99. The Morgan fingerprint density at radius 2 is 2.00 bits per heavy atom. The van der Waals surface area contributed by atoms with Gasteiger partial charge in [-0.15, -0.1) is 0 Å². The second-order valence-electron chi connectivity index (χ2n) is 4.72. The third-order valence-electron chi connectivity index (χ3n) is 3.26. The molecule has 1 atom stereocenters. The molecule has 0 spiro atoms. The summed E-state index contributed by atoms with van der Waals surface area (Å²) in [6.07, 6.45) is 1.95. The van der Waals surface area contributed by atoms with Crippen LogP contribution in [0, 0.1) is 5.92 Å². The summed E-state index contributed by atoms with van der Waals surface area (Å²) in [5.74, 6) is -0.915. The zero-order valence-electron chi connectivity index (χ0n) is 10.8. The van der Waals surface area contributed by atoms with Crippen molar-refractivity contribution in [1.29, 1.82) is 0 Å². The highest BCUT2D eigenvalue weighted by atomic mass is 16.5. The van der Waals surface area contributed by atoms with Gasteiger partial charge in [0.15, 0.2) is 0 Å². The fourth-order valence-electron chi connectivity index (χ4n) is 1.99. The van der Waals surface area contributed by atoms with Gasteiger partial charge < -0.3 is 15.2 Å². The highest BCUT2D eigenvalue weighted by Crippen LogP contribution is 2.32. The molecule has 102 valence electrons. The van der Waals surface area contributed by atoms with Crippen molar-refractivity contribution in [2.24, 2.45) is 5.92 Å². The Kier molecular flexibility index (Phi) is 4.16. The minimum Gasteiger partial charge on any atom is -0.480 e. The zero-order valence-corrected chi connectivity index (χ0v) is 10.8. The number of carboxylic acid groups (broad SMARTS) is 1. The normalized spacial score (nSPS) is 15.8. The van der Waals surface area contributed by atoms with Gasteiger partial charge in [-0.3, -0.25) is 4.79 Å². The van der Waals surface area contributed by atoms with Crippen LogP contribution < -0.4 is 5.32 Å². The van der Waals surface area contributed by atoms with E-state index in [1.54, 1.807) is 24.3 Å². The lowest BCUT2D eigenvalue weighted by atomic mass is 10.1. The highest BCUT2D eigenvalue weighted by Gasteiger charge is 2.35. The first-order chi connectivity index (χ1) is 9.11. The number of nitrogens with one attached hydrogen (secondary N) is 1. The fraction of sp³-hybridized carbons (Fsp3) is 0.429. The van der Waals surface area contributed by atoms with Crippen LogP contribution in [0.1, 0.15) is 28.8 Å². The Morgan fingerprint density at radius 1 is 1.37 bits per heavy atom. The molecule has 2 rings (SSSR count). The van der Waals surface area contributed by atoms with Crippen molar-refractivity contribution < 1.29 is 19.4 Å². The van der Waals surface area contributed by atoms with Gasteiger partial charge in [-0.2, -0.15) is 0 Å². The average Bonchev–Trinajstić information content (AvgIpc) is 3.23. The van der Waals surface area contributed by atoms with Crippen LogP contribution in [0.2, 0.25) is 0 Å². The van der Waals surface area contributed by atoms with Gasteiger partial charge in [0.05, 0.1) is 12.7 Å². The molecule has 0 radical (unpaired) electrons. The van der Waals surface area contributed by atoms with Crippen LogP contribution in [0.25, 0.3) is 0 Å². The third kappa shape index (κ3) is 3.54. The average molecular weight is 263 g/mol. The van der Waals surface area contributed by atoms with Gasteiger partial charge >= 0.3 is 11.9 Å². The number of benzene rings is 1. The van der Waals surface area contributed by atoms with Crippen LogP contribution in [0.15, 0.2) is 24.3 Å². The summed E-state index contributed by atoms with van der Waals surface area (Å²) >= 11 is 0. The number of hydrogen-bond donors (Lipinski definition) is 2. The van der Waals surface area contributed by atoms with Crippen LogP contribution in [-0.2, 0) is 16.1 Å². The molecular formula is C14H17NO4. The smallest absolute Gasteiger partial charge is 0.337 e. The number of carbonyl (C=O) groups excluding carboxylic acids is 1. The standard InChI is InChI=1S/C14H17NO4/c1-19-14(18)11-4-2-9(3-5-11)8-15-12(13(16)17)10-6-7-10/h2-5,10,12,15H,6-8H2,1H3,(H,16,17). The Morgan fingerprint density at radius 3 is 2.47 bits per heavy atom. The predicted octanol–water partition coefficient (Wildman–Crippen LogP) is 1.43. The number of aliphatic carboxylic acids is 1. The molecule has 1 aromatic carbocycles. The van der Waals surface area contributed by atoms with Crippen molar-refractivity contribution >= 4 is 11.9 Å². The van der Waals surface area contributed by atoms with Gasteiger partial charge in [-0.25, -0.2) is 4.79 Å². The van der Waals surface area contributed by atoms with E-state index in [1.807, 2.05) is 0 Å². The van der Waals surface area contributed by atoms with Crippen molar-refractivity contribution in [1.82, 2.24) is 5.32 Å². The minimum absolute atomic E-state index is 0.256. The van der Waals surface area contributed by atoms with Crippen LogP contribution in [-0.4, -0.2) is 30.2 Å². The molecule has 5 nitrogen and oxygen atoms in total. The number of esters is 1. The van der Waals surface area contributed by atoms with E-state index < -0.39 is 12.0 Å². The third-order valence-corrected chi connectivity index (χ3v) is 3.26. The molecule has 1 aromatic rings. The van der Waals surface area contributed by atoms with E-state index in [0.717, 1.165) is 18.4 Å². The summed E-state index contributed by atoms with van der Waals surface area (Å²) in [6, 6.07) is 6.47. The maximum atomic E-state index is 11.3. The number of carbonyl (C=O) groups is 2. The van der Waals surface area contributed by atoms with Crippen molar-refractivity contribution in [3.63, 3.8) is 0 Å². The summed E-state index contributed by atoms with van der Waals surface area (Å²) < 4.78 is 4.61. The Hall–Kier alpha value is -1.88. The molecule has 1 saturated carbocycles. The number of methoxy groups -OCH3 is 1. The summed E-state index contributed by atoms with van der Waals surface area (Å²) in [5, 5.41) is 12.1. The summed E-state index contributed by atoms with van der Waals surface area (Å²) in [7, 11) is 1.34.